The summed E-state index contributed by atoms with van der Waals surface area (Å²) >= 11 is -4.37. The van der Waals surface area contributed by atoms with Gasteiger partial charge in [-0.05, 0) is 0 Å². The minimum absolute atomic E-state index is 0.368. The van der Waals surface area contributed by atoms with Crippen LogP contribution in [0.4, 0.5) is 48.3 Å². The number of hydrogen-bond acceptors (Lipinski definition) is 3. The molecule has 0 aliphatic rings. The first kappa shape index (κ1) is 26.6. The summed E-state index contributed by atoms with van der Waals surface area (Å²) in [6.07, 6.45) is -7.23. The van der Waals surface area contributed by atoms with Crippen LogP contribution in [-0.4, -0.2) is 31.7 Å². The van der Waals surface area contributed by atoms with E-state index in [0.29, 0.717) is 24.3 Å². The summed E-state index contributed by atoms with van der Waals surface area (Å²) in [6, 6.07) is 5.90. The fourth-order valence-electron chi connectivity index (χ4n) is 1.93. The Hall–Kier alpha value is -1.69. The molecule has 32 heavy (non-hydrogen) atoms. The third-order valence-electron chi connectivity index (χ3n) is 3.58. The van der Waals surface area contributed by atoms with Crippen molar-refractivity contribution in [2.24, 2.45) is 0 Å². The summed E-state index contributed by atoms with van der Waals surface area (Å²) < 4.78 is 171. The minimum atomic E-state index is -7.47. The second-order valence-corrected chi connectivity index (χ2v) is 12.3. The van der Waals surface area contributed by atoms with Gasteiger partial charge in [-0.1, -0.05) is 0 Å². The second kappa shape index (κ2) is 8.58. The molecule has 0 aromatic heterocycles. The van der Waals surface area contributed by atoms with Gasteiger partial charge in [0.2, 0.25) is 0 Å². The number of rotatable bonds is 7. The molecule has 3 nitrogen and oxygen atoms in total. The van der Waals surface area contributed by atoms with Gasteiger partial charge in [-0.25, -0.2) is 0 Å². The molecule has 0 amide bonds. The molecule has 180 valence electrons. The zero-order chi connectivity index (χ0) is 24.8. The van der Waals surface area contributed by atoms with Crippen molar-refractivity contribution >= 4 is 30.4 Å². The van der Waals surface area contributed by atoms with E-state index in [4.69, 9.17) is 0 Å². The number of benzene rings is 2. The van der Waals surface area contributed by atoms with Crippen molar-refractivity contribution in [3.05, 3.63) is 67.3 Å². The van der Waals surface area contributed by atoms with Gasteiger partial charge in [0.15, 0.2) is 0 Å². The van der Waals surface area contributed by atoms with Crippen LogP contribution in [0.2, 0.25) is 0 Å². The van der Waals surface area contributed by atoms with Crippen molar-refractivity contribution in [3.63, 3.8) is 0 Å². The molecule has 2 rings (SSSR count). The van der Waals surface area contributed by atoms with E-state index in [9.17, 15) is 56.7 Å². The van der Waals surface area contributed by atoms with Gasteiger partial charge in [-0.3, -0.25) is 0 Å². The van der Waals surface area contributed by atoms with Crippen LogP contribution >= 0.6 is 20.2 Å². The Bertz CT molecular complexity index is 1010. The molecule has 0 heterocycles. The summed E-state index contributed by atoms with van der Waals surface area (Å²) in [5, 5.41) is -7.05. The quantitative estimate of drug-likeness (QED) is 0.275. The van der Waals surface area contributed by atoms with Crippen molar-refractivity contribution < 1.29 is 59.2 Å². The molecule has 0 unspecified atom stereocenters. The normalized spacial score (nSPS) is 14.4. The molecule has 0 saturated carbocycles. The Labute approximate surface area is 180 Å². The molecule has 0 bridgehead atoms. The van der Waals surface area contributed by atoms with E-state index in [1.807, 2.05) is 0 Å². The van der Waals surface area contributed by atoms with Gasteiger partial charge in [-0.15, -0.1) is 0 Å². The Morgan fingerprint density at radius 2 is 0.969 bits per heavy atom. The van der Waals surface area contributed by atoms with Crippen LogP contribution in [0.15, 0.2) is 48.5 Å². The van der Waals surface area contributed by atoms with Gasteiger partial charge in [-0.2, -0.15) is 0 Å². The summed E-state index contributed by atoms with van der Waals surface area (Å²) in [7, 11) is -7.16. The van der Waals surface area contributed by atoms with Gasteiger partial charge < -0.3 is 0 Å². The Kier molecular flexibility index (Phi) is 7.13. The van der Waals surface area contributed by atoms with Crippen LogP contribution in [0.1, 0.15) is 0 Å². The molecule has 0 aliphatic carbocycles. The molecule has 0 N–H and O–H groups in total. The molecule has 0 saturated heterocycles. The predicted molar refractivity (Wildman–Crippen MR) is 95.1 cm³/mol. The van der Waals surface area contributed by atoms with E-state index in [-0.39, 0.29) is 7.14 Å². The maximum absolute atomic E-state index is 14.0. The number of alkyl halides is 9. The van der Waals surface area contributed by atoms with Gasteiger partial charge in [0.1, 0.15) is 0 Å². The van der Waals surface area contributed by atoms with Crippen LogP contribution in [-0.2, 0) is 12.6 Å². The summed E-state index contributed by atoms with van der Waals surface area (Å²) in [5.74, 6) is -16.7. The van der Waals surface area contributed by atoms with Crippen LogP contribution in [0, 0.1) is 18.8 Å². The first-order valence-electron chi connectivity index (χ1n) is 7.71. The fourth-order valence-corrected chi connectivity index (χ4v) is 8.85. The van der Waals surface area contributed by atoms with Crippen molar-refractivity contribution in [1.29, 1.82) is 0 Å². The van der Waals surface area contributed by atoms with Gasteiger partial charge in [0.25, 0.3) is 0 Å². The standard InChI is InChI=1S/C16H8F11IO3S/c17-9-1-5-11(6-2-9)28(12-7-3-10(18)4-8-12)31-32(29,30)16(26,27)14(21,22)13(19,20)15(23,24)25/h1-8H. The Morgan fingerprint density at radius 1 is 0.625 bits per heavy atom. The van der Waals surface area contributed by atoms with Crippen molar-refractivity contribution in [2.45, 2.75) is 23.3 Å². The third kappa shape index (κ3) is 4.66. The molecule has 16 heteroatoms. The van der Waals surface area contributed by atoms with Gasteiger partial charge in [0.05, 0.1) is 0 Å². The van der Waals surface area contributed by atoms with Crippen LogP contribution in [0.25, 0.3) is 0 Å². The van der Waals surface area contributed by atoms with Crippen LogP contribution < -0.4 is 0 Å². The topological polar surface area (TPSA) is 43.4 Å². The van der Waals surface area contributed by atoms with Gasteiger partial charge in [0, 0.05) is 0 Å². The SMILES string of the molecule is O=S(=O)(OI(c1ccc(F)cc1)c1ccc(F)cc1)C(F)(F)C(F)(F)C(F)(F)C(F)(F)F. The maximum atomic E-state index is 14.0. The molecule has 0 fully saturated rings. The first-order chi connectivity index (χ1) is 14.3. The summed E-state index contributed by atoms with van der Waals surface area (Å²) in [5.41, 5.74) is 0. The molecule has 0 radical (unpaired) electrons. The molecule has 2 aromatic carbocycles. The average Bonchev–Trinajstić information content (AvgIpc) is 2.66. The van der Waals surface area contributed by atoms with E-state index in [1.54, 1.807) is 0 Å². The van der Waals surface area contributed by atoms with Crippen molar-refractivity contribution in [3.8, 4) is 0 Å². The van der Waals surface area contributed by atoms with Crippen LogP contribution in [0.5, 0.6) is 0 Å². The molecule has 2 aromatic rings. The monoisotopic (exact) mass is 616 g/mol. The van der Waals surface area contributed by atoms with E-state index < -0.39 is 65.3 Å². The third-order valence-corrected chi connectivity index (χ3v) is 11.0. The Morgan fingerprint density at radius 3 is 1.28 bits per heavy atom. The Balaban J connectivity index is 2.58. The fraction of sp³-hybridized carbons (Fsp3) is 0.250. The molecular weight excluding hydrogens is 608 g/mol. The van der Waals surface area contributed by atoms with Crippen molar-refractivity contribution in [1.82, 2.24) is 0 Å². The van der Waals surface area contributed by atoms with Gasteiger partial charge >= 0.3 is 180 Å². The number of hydrogen-bond donors (Lipinski definition) is 0. The van der Waals surface area contributed by atoms with E-state index in [0.717, 1.165) is 24.3 Å². The molecule has 0 aliphatic heterocycles. The zero-order valence-electron chi connectivity index (χ0n) is 14.8. The number of halogens is 12. The predicted octanol–water partition coefficient (Wildman–Crippen LogP) is 6.20. The summed E-state index contributed by atoms with van der Waals surface area (Å²) in [6.45, 7) is 0. The van der Waals surface area contributed by atoms with E-state index >= 15 is 0 Å². The average molecular weight is 616 g/mol. The van der Waals surface area contributed by atoms with E-state index in [2.05, 4.69) is 2.51 Å². The van der Waals surface area contributed by atoms with Crippen molar-refractivity contribution in [2.75, 3.05) is 0 Å². The van der Waals surface area contributed by atoms with E-state index in [1.165, 1.54) is 0 Å². The summed E-state index contributed by atoms with van der Waals surface area (Å²) in [4.78, 5) is 0. The first-order valence-corrected chi connectivity index (χ1v) is 12.2. The molecule has 0 atom stereocenters. The van der Waals surface area contributed by atoms with Crippen LogP contribution in [0.3, 0.4) is 0 Å². The molecular formula is C16H8F11IO3S. The zero-order valence-corrected chi connectivity index (χ0v) is 17.8. The second-order valence-electron chi connectivity index (χ2n) is 5.80. The molecule has 0 spiro atoms.